The molecule has 1 aliphatic heterocycles. The average Bonchev–Trinajstić information content (AvgIpc) is 2.98. The number of likely N-dealkylation sites (N-methyl/N-ethyl adjacent to an activating group) is 1. The molecule has 1 saturated heterocycles. The number of nitriles is 1. The fourth-order valence-corrected chi connectivity index (χ4v) is 2.58. The molecule has 6 nitrogen and oxygen atoms in total. The number of hydrogen-bond acceptors (Lipinski definition) is 4. The van der Waals surface area contributed by atoms with Gasteiger partial charge >= 0.3 is 0 Å². The van der Waals surface area contributed by atoms with Crippen LogP contribution in [-0.2, 0) is 4.79 Å². The minimum absolute atomic E-state index is 0.0526. The highest BCUT2D eigenvalue weighted by Gasteiger charge is 2.21. The molecule has 1 amide bonds. The molecule has 0 spiro atoms. The largest absolute Gasteiger partial charge is 0.369 e. The summed E-state index contributed by atoms with van der Waals surface area (Å²) < 4.78 is 14.1. The molecular weight excluding hydrogens is 321 g/mol. The van der Waals surface area contributed by atoms with E-state index in [0.29, 0.717) is 16.9 Å². The molecule has 7 heteroatoms. The summed E-state index contributed by atoms with van der Waals surface area (Å²) in [4.78, 5) is 20.0. The normalized spacial score (nSPS) is 18.4. The topological polar surface area (TPSA) is 71.7 Å². The first-order chi connectivity index (χ1) is 11.9. The van der Waals surface area contributed by atoms with Gasteiger partial charge in [-0.2, -0.15) is 5.26 Å². The fourth-order valence-electron chi connectivity index (χ4n) is 2.58. The Labute approximate surface area is 147 Å². The van der Waals surface area contributed by atoms with Gasteiger partial charge in [0.05, 0.1) is 17.6 Å². The highest BCUT2D eigenvalue weighted by atomic mass is 19.1. The summed E-state index contributed by atoms with van der Waals surface area (Å²) in [5.41, 5.74) is 1.14. The minimum Gasteiger partial charge on any atom is -0.369 e. The highest BCUT2D eigenvalue weighted by molar-refractivity contribution is 6.02. The number of nitrogens with zero attached hydrogens (tertiary/aromatic N) is 4. The standard InChI is InChI=1S/C18H22FN5O/c1-23(2)12-21-17-7-6-14(9-13(17)11-20)22-18(25)16(19)10-15-5-4-8-24(15)3/h6-7,9-10,12,15H,4-5,8H2,1-3H3,(H,22,25)/b16-10-,21-12+/t15-/m1/s1. The summed E-state index contributed by atoms with van der Waals surface area (Å²) in [5, 5.41) is 11.7. The molecule has 132 valence electrons. The minimum atomic E-state index is -0.813. The second-order valence-electron chi connectivity index (χ2n) is 6.21. The highest BCUT2D eigenvalue weighted by Crippen LogP contribution is 2.23. The van der Waals surface area contributed by atoms with Crippen molar-refractivity contribution in [1.82, 2.24) is 9.80 Å². The third-order valence-electron chi connectivity index (χ3n) is 3.94. The van der Waals surface area contributed by atoms with E-state index >= 15 is 0 Å². The lowest BCUT2D eigenvalue weighted by atomic mass is 10.1. The van der Waals surface area contributed by atoms with Crippen LogP contribution in [0.25, 0.3) is 0 Å². The van der Waals surface area contributed by atoms with Crippen LogP contribution in [0.2, 0.25) is 0 Å². The van der Waals surface area contributed by atoms with Crippen molar-refractivity contribution in [1.29, 1.82) is 5.26 Å². The molecule has 0 saturated carbocycles. The van der Waals surface area contributed by atoms with Crippen molar-refractivity contribution >= 4 is 23.6 Å². The fraction of sp³-hybridized carbons (Fsp3) is 0.389. The molecule has 1 aliphatic rings. The number of likely N-dealkylation sites (tertiary alicyclic amines) is 1. The zero-order valence-corrected chi connectivity index (χ0v) is 14.7. The van der Waals surface area contributed by atoms with Gasteiger partial charge in [0.1, 0.15) is 6.07 Å². The van der Waals surface area contributed by atoms with E-state index in [1.54, 1.807) is 23.4 Å². The number of carbonyl (C=O) groups excluding carboxylic acids is 1. The number of rotatable bonds is 5. The summed E-state index contributed by atoms with van der Waals surface area (Å²) in [5.74, 6) is -1.62. The third-order valence-corrected chi connectivity index (χ3v) is 3.94. The summed E-state index contributed by atoms with van der Waals surface area (Å²) >= 11 is 0. The van der Waals surface area contributed by atoms with E-state index in [-0.39, 0.29) is 6.04 Å². The first kappa shape index (κ1) is 18.6. The van der Waals surface area contributed by atoms with Crippen LogP contribution in [0.3, 0.4) is 0 Å². The lowest BCUT2D eigenvalue weighted by molar-refractivity contribution is -0.114. The Balaban J connectivity index is 2.10. The Bertz CT molecular complexity index is 735. The average molecular weight is 343 g/mol. The zero-order chi connectivity index (χ0) is 18.4. The number of aliphatic imine (C=N–C) groups is 1. The smallest absolute Gasteiger partial charge is 0.284 e. The molecule has 1 fully saturated rings. The zero-order valence-electron chi connectivity index (χ0n) is 14.7. The molecule has 1 atom stereocenters. The van der Waals surface area contributed by atoms with Gasteiger partial charge < -0.3 is 10.2 Å². The predicted molar refractivity (Wildman–Crippen MR) is 96.5 cm³/mol. The van der Waals surface area contributed by atoms with E-state index < -0.39 is 11.7 Å². The molecule has 0 radical (unpaired) electrons. The lowest BCUT2D eigenvalue weighted by Gasteiger charge is -2.15. The molecule has 1 heterocycles. The molecule has 1 aromatic carbocycles. The van der Waals surface area contributed by atoms with Crippen LogP contribution in [0.15, 0.2) is 35.1 Å². The van der Waals surface area contributed by atoms with E-state index in [2.05, 4.69) is 10.3 Å². The van der Waals surface area contributed by atoms with Gasteiger partial charge in [-0.15, -0.1) is 0 Å². The predicted octanol–water partition coefficient (Wildman–Crippen LogP) is 2.67. The Morgan fingerprint density at radius 2 is 2.28 bits per heavy atom. The number of halogens is 1. The summed E-state index contributed by atoms with van der Waals surface area (Å²) in [6, 6.07) is 6.66. The maximum absolute atomic E-state index is 14.1. The first-order valence-electron chi connectivity index (χ1n) is 8.04. The van der Waals surface area contributed by atoms with Gasteiger partial charge in [0.2, 0.25) is 0 Å². The third kappa shape index (κ3) is 5.13. The van der Waals surface area contributed by atoms with Crippen molar-refractivity contribution in [3.8, 4) is 6.07 Å². The molecule has 1 N–H and O–H groups in total. The van der Waals surface area contributed by atoms with E-state index in [0.717, 1.165) is 19.4 Å². The monoisotopic (exact) mass is 343 g/mol. The van der Waals surface area contributed by atoms with Gasteiger partial charge in [-0.05, 0) is 50.7 Å². The molecule has 0 unspecified atom stereocenters. The summed E-state index contributed by atoms with van der Waals surface area (Å²) in [7, 11) is 5.55. The number of amides is 1. The molecule has 0 bridgehead atoms. The molecule has 0 aromatic heterocycles. The van der Waals surface area contributed by atoms with Gasteiger partial charge in [0.25, 0.3) is 5.91 Å². The van der Waals surface area contributed by atoms with Crippen LogP contribution in [0, 0.1) is 11.3 Å². The number of benzene rings is 1. The van der Waals surface area contributed by atoms with Crippen molar-refractivity contribution in [2.75, 3.05) is 33.0 Å². The van der Waals surface area contributed by atoms with Crippen molar-refractivity contribution in [2.24, 2.45) is 4.99 Å². The van der Waals surface area contributed by atoms with Crippen molar-refractivity contribution in [2.45, 2.75) is 18.9 Å². The Hall–Kier alpha value is -2.72. The molecule has 25 heavy (non-hydrogen) atoms. The van der Waals surface area contributed by atoms with Crippen LogP contribution in [0.4, 0.5) is 15.8 Å². The van der Waals surface area contributed by atoms with Crippen LogP contribution in [0.5, 0.6) is 0 Å². The van der Waals surface area contributed by atoms with Crippen LogP contribution in [-0.4, -0.2) is 55.8 Å². The van der Waals surface area contributed by atoms with Crippen LogP contribution in [0.1, 0.15) is 18.4 Å². The van der Waals surface area contributed by atoms with E-state index in [4.69, 9.17) is 0 Å². The van der Waals surface area contributed by atoms with E-state index in [1.807, 2.05) is 32.1 Å². The van der Waals surface area contributed by atoms with Crippen LogP contribution < -0.4 is 5.32 Å². The van der Waals surface area contributed by atoms with Crippen LogP contribution >= 0.6 is 0 Å². The first-order valence-corrected chi connectivity index (χ1v) is 8.04. The maximum atomic E-state index is 14.1. The van der Waals surface area contributed by atoms with Crippen molar-refractivity contribution < 1.29 is 9.18 Å². The van der Waals surface area contributed by atoms with E-state index in [9.17, 15) is 14.4 Å². The van der Waals surface area contributed by atoms with Crippen molar-refractivity contribution in [3.63, 3.8) is 0 Å². The van der Waals surface area contributed by atoms with E-state index in [1.165, 1.54) is 12.1 Å². The summed E-state index contributed by atoms with van der Waals surface area (Å²) in [6.45, 7) is 0.899. The lowest BCUT2D eigenvalue weighted by Crippen LogP contribution is -2.24. The summed E-state index contributed by atoms with van der Waals surface area (Å²) in [6.07, 6.45) is 4.76. The quantitative estimate of drug-likeness (QED) is 0.507. The molecule has 1 aromatic rings. The SMILES string of the molecule is CN(C)/C=N/c1ccc(NC(=O)/C(F)=C/[C@H]2CCCN2C)cc1C#N. The Morgan fingerprint density at radius 3 is 2.88 bits per heavy atom. The van der Waals surface area contributed by atoms with Gasteiger partial charge in [-0.1, -0.05) is 0 Å². The molecule has 0 aliphatic carbocycles. The number of carbonyl (C=O) groups is 1. The van der Waals surface area contributed by atoms with Gasteiger partial charge in [-0.25, -0.2) is 9.38 Å². The molecule has 2 rings (SSSR count). The Morgan fingerprint density at radius 1 is 1.52 bits per heavy atom. The molecular formula is C18H22FN5O. The van der Waals surface area contributed by atoms with Crippen molar-refractivity contribution in [3.05, 3.63) is 35.7 Å². The van der Waals surface area contributed by atoms with Gasteiger partial charge in [0.15, 0.2) is 5.83 Å². The second-order valence-corrected chi connectivity index (χ2v) is 6.21. The van der Waals surface area contributed by atoms with Gasteiger partial charge in [0, 0.05) is 25.8 Å². The maximum Gasteiger partial charge on any atom is 0.284 e. The Kier molecular flexibility index (Phi) is 6.25. The van der Waals surface area contributed by atoms with Gasteiger partial charge in [-0.3, -0.25) is 9.69 Å². The number of hydrogen-bond donors (Lipinski definition) is 1. The second kappa shape index (κ2) is 8.40. The number of nitrogens with one attached hydrogen (secondary N) is 1. The number of anilines is 1.